The minimum absolute atomic E-state index is 0.712. The zero-order valence-electron chi connectivity index (χ0n) is 14.6. The molecule has 21 heavy (non-hydrogen) atoms. The quantitative estimate of drug-likeness (QED) is 0.830. The summed E-state index contributed by atoms with van der Waals surface area (Å²) < 4.78 is 0. The van der Waals surface area contributed by atoms with Gasteiger partial charge in [-0.1, -0.05) is 40.5 Å². The van der Waals surface area contributed by atoms with Crippen LogP contribution in [0.5, 0.6) is 0 Å². The number of nitrogens with one attached hydrogen (secondary N) is 1. The molecule has 1 N–H and O–H groups in total. The Balaban J connectivity index is 1.63. The van der Waals surface area contributed by atoms with E-state index in [0.717, 1.165) is 35.6 Å². The van der Waals surface area contributed by atoms with E-state index in [1.807, 2.05) is 0 Å². The highest BCUT2D eigenvalue weighted by molar-refractivity contribution is 4.95. The van der Waals surface area contributed by atoms with Crippen molar-refractivity contribution in [3.8, 4) is 0 Å². The van der Waals surface area contributed by atoms with Gasteiger partial charge >= 0.3 is 0 Å². The van der Waals surface area contributed by atoms with Crippen LogP contribution in [0.15, 0.2) is 0 Å². The third-order valence-corrected chi connectivity index (χ3v) is 6.94. The minimum atomic E-state index is 0.712. The molecule has 2 nitrogen and oxygen atoms in total. The summed E-state index contributed by atoms with van der Waals surface area (Å²) in [6.45, 7) is 13.4. The van der Waals surface area contributed by atoms with Crippen LogP contribution in [0.3, 0.4) is 0 Å². The molecule has 0 amide bonds. The van der Waals surface area contributed by atoms with E-state index in [4.69, 9.17) is 0 Å². The Bertz CT molecular complexity index is 340. The molecule has 3 fully saturated rings. The number of hydrogen-bond acceptors (Lipinski definition) is 2. The average molecular weight is 293 g/mol. The van der Waals surface area contributed by atoms with Crippen molar-refractivity contribution in [1.29, 1.82) is 0 Å². The predicted molar refractivity (Wildman–Crippen MR) is 90.4 cm³/mol. The average Bonchev–Trinajstić information content (AvgIpc) is 3.08. The lowest BCUT2D eigenvalue weighted by atomic mass is 9.86. The molecule has 1 saturated heterocycles. The van der Waals surface area contributed by atoms with E-state index >= 15 is 0 Å². The van der Waals surface area contributed by atoms with Gasteiger partial charge in [-0.2, -0.15) is 0 Å². The zero-order chi connectivity index (χ0) is 15.0. The Kier molecular flexibility index (Phi) is 4.95. The summed E-state index contributed by atoms with van der Waals surface area (Å²) in [5.74, 6) is 4.75. The first-order chi connectivity index (χ1) is 10.1. The van der Waals surface area contributed by atoms with E-state index in [1.165, 1.54) is 45.3 Å². The molecular weight excluding hydrogens is 256 g/mol. The number of rotatable bonds is 5. The minimum Gasteiger partial charge on any atom is -0.311 e. The zero-order valence-corrected chi connectivity index (χ0v) is 14.6. The molecule has 0 spiro atoms. The first-order valence-electron chi connectivity index (χ1n) is 9.55. The Hall–Kier alpha value is -0.0800. The highest BCUT2D eigenvalue weighted by Gasteiger charge is 2.42. The second kappa shape index (κ2) is 6.58. The van der Waals surface area contributed by atoms with Crippen molar-refractivity contribution in [2.24, 2.45) is 29.6 Å². The first-order valence-corrected chi connectivity index (χ1v) is 9.55. The fraction of sp³-hybridized carbons (Fsp3) is 1.00. The van der Waals surface area contributed by atoms with E-state index in [1.54, 1.807) is 6.42 Å². The van der Waals surface area contributed by atoms with Gasteiger partial charge in [0, 0.05) is 31.7 Å². The second-order valence-electron chi connectivity index (χ2n) is 8.60. The van der Waals surface area contributed by atoms with Gasteiger partial charge in [0.2, 0.25) is 0 Å². The van der Waals surface area contributed by atoms with Gasteiger partial charge in [0.05, 0.1) is 0 Å². The molecule has 1 heterocycles. The second-order valence-corrected chi connectivity index (χ2v) is 8.60. The summed E-state index contributed by atoms with van der Waals surface area (Å²) in [5.41, 5.74) is 0. The van der Waals surface area contributed by atoms with Crippen molar-refractivity contribution in [1.82, 2.24) is 10.2 Å². The van der Waals surface area contributed by atoms with Crippen molar-refractivity contribution in [2.75, 3.05) is 19.6 Å². The van der Waals surface area contributed by atoms with Gasteiger partial charge < -0.3 is 5.32 Å². The van der Waals surface area contributed by atoms with Crippen molar-refractivity contribution in [3.05, 3.63) is 0 Å². The fourth-order valence-electron chi connectivity index (χ4n) is 5.29. The highest BCUT2D eigenvalue weighted by atomic mass is 15.2. The summed E-state index contributed by atoms with van der Waals surface area (Å²) in [4.78, 5) is 2.88. The van der Waals surface area contributed by atoms with Gasteiger partial charge in [-0.3, -0.25) is 4.90 Å². The van der Waals surface area contributed by atoms with Gasteiger partial charge in [-0.05, 0) is 48.9 Å². The monoisotopic (exact) mass is 292 g/mol. The molecule has 6 unspecified atom stereocenters. The standard InChI is InChI=1S/C19H36N2/c1-5-14(4)18-12-21(19(10-20-18)13(2)3)11-17-9-15-6-7-16(17)8-15/h13-20H,5-12H2,1-4H3. The summed E-state index contributed by atoms with van der Waals surface area (Å²) in [5, 5.41) is 3.85. The lowest BCUT2D eigenvalue weighted by Gasteiger charge is -2.45. The number of nitrogens with zero attached hydrogens (tertiary/aromatic N) is 1. The van der Waals surface area contributed by atoms with E-state index < -0.39 is 0 Å². The fourth-order valence-corrected chi connectivity index (χ4v) is 5.29. The normalized spacial score (nSPS) is 41.9. The summed E-state index contributed by atoms with van der Waals surface area (Å²) in [6, 6.07) is 1.47. The Morgan fingerprint density at radius 3 is 2.52 bits per heavy atom. The maximum absolute atomic E-state index is 3.85. The Labute approximate surface area is 132 Å². The van der Waals surface area contributed by atoms with Crippen LogP contribution in [0.25, 0.3) is 0 Å². The Morgan fingerprint density at radius 2 is 1.95 bits per heavy atom. The summed E-state index contributed by atoms with van der Waals surface area (Å²) >= 11 is 0. The highest BCUT2D eigenvalue weighted by Crippen LogP contribution is 2.48. The van der Waals surface area contributed by atoms with Crippen molar-refractivity contribution in [2.45, 2.75) is 71.9 Å². The summed E-state index contributed by atoms with van der Waals surface area (Å²) in [7, 11) is 0. The first kappa shape index (κ1) is 15.8. The molecule has 122 valence electrons. The number of fused-ring (bicyclic) bond motifs is 2. The molecule has 0 aromatic carbocycles. The molecule has 2 aliphatic carbocycles. The van der Waals surface area contributed by atoms with Gasteiger partial charge in [-0.15, -0.1) is 0 Å². The van der Waals surface area contributed by atoms with Gasteiger partial charge in [0.25, 0.3) is 0 Å². The van der Waals surface area contributed by atoms with Crippen LogP contribution in [0.2, 0.25) is 0 Å². The molecule has 2 saturated carbocycles. The molecule has 2 bridgehead atoms. The smallest absolute Gasteiger partial charge is 0.0244 e. The molecule has 2 heteroatoms. The van der Waals surface area contributed by atoms with E-state index in [2.05, 4.69) is 37.9 Å². The third kappa shape index (κ3) is 3.32. The molecule has 3 aliphatic rings. The van der Waals surface area contributed by atoms with Crippen LogP contribution < -0.4 is 5.32 Å². The predicted octanol–water partition coefficient (Wildman–Crippen LogP) is 3.77. The lowest BCUT2D eigenvalue weighted by molar-refractivity contribution is 0.0575. The van der Waals surface area contributed by atoms with Crippen molar-refractivity contribution < 1.29 is 0 Å². The van der Waals surface area contributed by atoms with Crippen LogP contribution in [0, 0.1) is 29.6 Å². The van der Waals surface area contributed by atoms with E-state index in [9.17, 15) is 0 Å². The van der Waals surface area contributed by atoms with E-state index in [0.29, 0.717) is 6.04 Å². The maximum Gasteiger partial charge on any atom is 0.0244 e. The Morgan fingerprint density at radius 1 is 1.14 bits per heavy atom. The van der Waals surface area contributed by atoms with Gasteiger partial charge in [0.15, 0.2) is 0 Å². The lowest BCUT2D eigenvalue weighted by Crippen LogP contribution is -2.60. The topological polar surface area (TPSA) is 15.3 Å². The van der Waals surface area contributed by atoms with Crippen LogP contribution in [0.1, 0.15) is 59.8 Å². The van der Waals surface area contributed by atoms with Gasteiger partial charge in [-0.25, -0.2) is 0 Å². The van der Waals surface area contributed by atoms with Crippen LogP contribution in [-0.2, 0) is 0 Å². The molecule has 0 aromatic heterocycles. The molecular formula is C19H36N2. The molecule has 3 rings (SSSR count). The number of hydrogen-bond donors (Lipinski definition) is 1. The molecule has 0 radical (unpaired) electrons. The SMILES string of the molecule is CCC(C)C1CN(CC2CC3CCC2C3)C(C(C)C)CN1. The summed E-state index contributed by atoms with van der Waals surface area (Å²) in [6.07, 6.45) is 7.45. The van der Waals surface area contributed by atoms with Gasteiger partial charge in [0.1, 0.15) is 0 Å². The maximum atomic E-state index is 3.85. The molecule has 6 atom stereocenters. The van der Waals surface area contributed by atoms with Crippen molar-refractivity contribution >= 4 is 0 Å². The van der Waals surface area contributed by atoms with Crippen LogP contribution in [0.4, 0.5) is 0 Å². The van der Waals surface area contributed by atoms with Crippen LogP contribution in [-0.4, -0.2) is 36.6 Å². The molecule has 0 aromatic rings. The van der Waals surface area contributed by atoms with E-state index in [-0.39, 0.29) is 0 Å². The molecule has 1 aliphatic heterocycles. The third-order valence-electron chi connectivity index (χ3n) is 6.94. The number of piperazine rings is 1. The van der Waals surface area contributed by atoms with Crippen LogP contribution >= 0.6 is 0 Å². The van der Waals surface area contributed by atoms with Crippen molar-refractivity contribution in [3.63, 3.8) is 0 Å². The largest absolute Gasteiger partial charge is 0.311 e.